The Kier molecular flexibility index (Phi) is 4.93. The van der Waals surface area contributed by atoms with Crippen LogP contribution in [0, 0.1) is 5.41 Å². The van der Waals surface area contributed by atoms with Gasteiger partial charge in [0.2, 0.25) is 0 Å². The standard InChI is InChI=1S/C15H23N3O3/c1-14(2,12(19)20)15(3,4)17-13(21)18(5)10-11-6-8-16-9-7-11/h6-9H,10H2,1-5H3,(H,17,21)(H,19,20). The molecule has 0 unspecified atom stereocenters. The van der Waals surface area contributed by atoms with Crippen molar-refractivity contribution >= 4 is 12.0 Å². The number of nitrogens with zero attached hydrogens (tertiary/aromatic N) is 2. The maximum absolute atomic E-state index is 12.2. The van der Waals surface area contributed by atoms with Crippen LogP contribution in [0.25, 0.3) is 0 Å². The largest absolute Gasteiger partial charge is 0.481 e. The first kappa shape index (κ1) is 16.9. The molecule has 0 aliphatic carbocycles. The van der Waals surface area contributed by atoms with Crippen LogP contribution in [-0.2, 0) is 11.3 Å². The minimum Gasteiger partial charge on any atom is -0.481 e. The van der Waals surface area contributed by atoms with Crippen molar-refractivity contribution in [3.05, 3.63) is 30.1 Å². The number of carbonyl (C=O) groups excluding carboxylic acids is 1. The molecule has 0 aromatic carbocycles. The fourth-order valence-electron chi connectivity index (χ4n) is 1.62. The normalized spacial score (nSPS) is 11.9. The number of rotatable bonds is 5. The predicted octanol–water partition coefficient (Wildman–Crippen LogP) is 2.11. The zero-order valence-corrected chi connectivity index (χ0v) is 13.2. The van der Waals surface area contributed by atoms with E-state index in [4.69, 9.17) is 0 Å². The monoisotopic (exact) mass is 293 g/mol. The van der Waals surface area contributed by atoms with Crippen molar-refractivity contribution in [1.29, 1.82) is 0 Å². The van der Waals surface area contributed by atoms with E-state index in [9.17, 15) is 14.7 Å². The number of aromatic nitrogens is 1. The molecular formula is C15H23N3O3. The lowest BCUT2D eigenvalue weighted by Gasteiger charge is -2.39. The lowest BCUT2D eigenvalue weighted by Crippen LogP contribution is -2.59. The number of hydrogen-bond donors (Lipinski definition) is 2. The first-order valence-electron chi connectivity index (χ1n) is 6.73. The van der Waals surface area contributed by atoms with Crippen molar-refractivity contribution in [2.45, 2.75) is 39.8 Å². The Morgan fingerprint density at radius 2 is 1.76 bits per heavy atom. The van der Waals surface area contributed by atoms with Gasteiger partial charge in [-0.05, 0) is 45.4 Å². The van der Waals surface area contributed by atoms with Gasteiger partial charge in [-0.15, -0.1) is 0 Å². The fourth-order valence-corrected chi connectivity index (χ4v) is 1.62. The molecule has 0 aliphatic heterocycles. The molecule has 2 N–H and O–H groups in total. The van der Waals surface area contributed by atoms with E-state index in [0.717, 1.165) is 5.56 Å². The number of aliphatic carboxylic acids is 1. The lowest BCUT2D eigenvalue weighted by molar-refractivity contribution is -0.150. The summed E-state index contributed by atoms with van der Waals surface area (Å²) < 4.78 is 0. The Morgan fingerprint density at radius 3 is 2.24 bits per heavy atom. The maximum atomic E-state index is 12.2. The van der Waals surface area contributed by atoms with Gasteiger partial charge in [0.25, 0.3) is 0 Å². The molecule has 0 saturated heterocycles. The van der Waals surface area contributed by atoms with Crippen LogP contribution in [0.5, 0.6) is 0 Å². The number of nitrogens with one attached hydrogen (secondary N) is 1. The molecule has 0 aliphatic rings. The average Bonchev–Trinajstić information content (AvgIpc) is 2.38. The van der Waals surface area contributed by atoms with E-state index >= 15 is 0 Å². The first-order valence-corrected chi connectivity index (χ1v) is 6.73. The highest BCUT2D eigenvalue weighted by Crippen LogP contribution is 2.30. The van der Waals surface area contributed by atoms with Crippen LogP contribution in [0.1, 0.15) is 33.3 Å². The van der Waals surface area contributed by atoms with E-state index in [1.54, 1.807) is 47.1 Å². The Bertz CT molecular complexity index is 512. The van der Waals surface area contributed by atoms with E-state index < -0.39 is 16.9 Å². The molecule has 1 aromatic heterocycles. The summed E-state index contributed by atoms with van der Waals surface area (Å²) in [7, 11) is 1.67. The van der Waals surface area contributed by atoms with Crippen molar-refractivity contribution in [3.8, 4) is 0 Å². The van der Waals surface area contributed by atoms with Gasteiger partial charge < -0.3 is 15.3 Å². The summed E-state index contributed by atoms with van der Waals surface area (Å²) in [6.45, 7) is 7.04. The summed E-state index contributed by atoms with van der Waals surface area (Å²) in [5.41, 5.74) is -1.01. The highest BCUT2D eigenvalue weighted by atomic mass is 16.4. The first-order chi connectivity index (χ1) is 9.58. The fraction of sp³-hybridized carbons (Fsp3) is 0.533. The van der Waals surface area contributed by atoms with Gasteiger partial charge in [0.1, 0.15) is 0 Å². The zero-order chi connectivity index (χ0) is 16.3. The summed E-state index contributed by atoms with van der Waals surface area (Å²) in [6.07, 6.45) is 3.33. The number of carbonyl (C=O) groups is 2. The van der Waals surface area contributed by atoms with Gasteiger partial charge in [0.15, 0.2) is 0 Å². The molecule has 116 valence electrons. The summed E-state index contributed by atoms with van der Waals surface area (Å²) in [5.74, 6) is -0.954. The van der Waals surface area contributed by atoms with Crippen LogP contribution in [0.4, 0.5) is 4.79 Å². The van der Waals surface area contributed by atoms with E-state index in [1.807, 2.05) is 12.1 Å². The topological polar surface area (TPSA) is 82.5 Å². The van der Waals surface area contributed by atoms with Crippen LogP contribution in [0.15, 0.2) is 24.5 Å². The number of urea groups is 1. The molecule has 0 spiro atoms. The summed E-state index contributed by atoms with van der Waals surface area (Å²) in [4.78, 5) is 29.0. The molecule has 21 heavy (non-hydrogen) atoms. The predicted molar refractivity (Wildman–Crippen MR) is 79.7 cm³/mol. The Morgan fingerprint density at radius 1 is 1.24 bits per heavy atom. The number of carboxylic acids is 1. The molecule has 0 radical (unpaired) electrons. The minimum atomic E-state index is -1.08. The van der Waals surface area contributed by atoms with Gasteiger partial charge in [0, 0.05) is 26.0 Å². The van der Waals surface area contributed by atoms with E-state index in [-0.39, 0.29) is 6.03 Å². The molecule has 0 atom stereocenters. The summed E-state index contributed by atoms with van der Waals surface area (Å²) in [6, 6.07) is 3.35. The molecule has 6 heteroatoms. The van der Waals surface area contributed by atoms with Gasteiger partial charge in [-0.25, -0.2) is 4.79 Å². The number of carboxylic acid groups (broad SMARTS) is 1. The van der Waals surface area contributed by atoms with Gasteiger partial charge in [-0.2, -0.15) is 0 Å². The van der Waals surface area contributed by atoms with Gasteiger partial charge in [0.05, 0.1) is 11.0 Å². The molecule has 0 bridgehead atoms. The third-order valence-electron chi connectivity index (χ3n) is 4.03. The maximum Gasteiger partial charge on any atom is 0.317 e. The molecule has 1 rings (SSSR count). The molecular weight excluding hydrogens is 270 g/mol. The van der Waals surface area contributed by atoms with E-state index in [0.29, 0.717) is 6.54 Å². The van der Waals surface area contributed by atoms with E-state index in [1.165, 1.54) is 4.90 Å². The second-order valence-electron chi connectivity index (χ2n) is 6.20. The third-order valence-corrected chi connectivity index (χ3v) is 4.03. The number of hydrogen-bond acceptors (Lipinski definition) is 3. The van der Waals surface area contributed by atoms with Crippen molar-refractivity contribution in [2.24, 2.45) is 5.41 Å². The molecule has 2 amide bonds. The third kappa shape index (κ3) is 3.93. The van der Waals surface area contributed by atoms with Gasteiger partial charge in [-0.3, -0.25) is 9.78 Å². The Labute approximate surface area is 125 Å². The van der Waals surface area contributed by atoms with E-state index in [2.05, 4.69) is 10.3 Å². The van der Waals surface area contributed by atoms with Crippen LogP contribution >= 0.6 is 0 Å². The summed E-state index contributed by atoms with van der Waals surface area (Å²) in [5, 5.41) is 12.1. The zero-order valence-electron chi connectivity index (χ0n) is 13.2. The highest BCUT2D eigenvalue weighted by Gasteiger charge is 2.44. The molecule has 6 nitrogen and oxygen atoms in total. The van der Waals surface area contributed by atoms with Gasteiger partial charge >= 0.3 is 12.0 Å². The quantitative estimate of drug-likeness (QED) is 0.871. The lowest BCUT2D eigenvalue weighted by atomic mass is 9.74. The Hall–Kier alpha value is -2.11. The second-order valence-corrected chi connectivity index (χ2v) is 6.20. The Balaban J connectivity index is 2.74. The van der Waals surface area contributed by atoms with Crippen LogP contribution in [0.3, 0.4) is 0 Å². The van der Waals surface area contributed by atoms with Crippen LogP contribution in [-0.4, -0.2) is 39.6 Å². The van der Waals surface area contributed by atoms with Gasteiger partial charge in [-0.1, -0.05) is 0 Å². The van der Waals surface area contributed by atoms with Crippen molar-refractivity contribution in [3.63, 3.8) is 0 Å². The SMILES string of the molecule is CN(Cc1ccncc1)C(=O)NC(C)(C)C(C)(C)C(=O)O. The van der Waals surface area contributed by atoms with Crippen molar-refractivity contribution in [2.75, 3.05) is 7.05 Å². The second kappa shape index (κ2) is 6.11. The average molecular weight is 293 g/mol. The van der Waals surface area contributed by atoms with Crippen molar-refractivity contribution < 1.29 is 14.7 Å². The van der Waals surface area contributed by atoms with Crippen LogP contribution in [0.2, 0.25) is 0 Å². The number of amides is 2. The number of pyridine rings is 1. The summed E-state index contributed by atoms with van der Waals surface area (Å²) >= 11 is 0. The molecule has 0 saturated carbocycles. The molecule has 0 fully saturated rings. The van der Waals surface area contributed by atoms with Crippen molar-refractivity contribution in [1.82, 2.24) is 15.2 Å². The highest BCUT2D eigenvalue weighted by molar-refractivity contribution is 5.79. The molecule has 1 heterocycles. The minimum absolute atomic E-state index is 0.314. The molecule has 1 aromatic rings. The van der Waals surface area contributed by atoms with Crippen LogP contribution < -0.4 is 5.32 Å². The smallest absolute Gasteiger partial charge is 0.317 e.